The number of H-pyrrole nitrogens is 1. The van der Waals surface area contributed by atoms with Crippen LogP contribution >= 0.6 is 0 Å². The lowest BCUT2D eigenvalue weighted by atomic mass is 9.70. The Morgan fingerprint density at radius 1 is 0.528 bits per heavy atom. The Balaban J connectivity index is 1.52. The van der Waals surface area contributed by atoms with Crippen molar-refractivity contribution >= 4 is 21.8 Å². The van der Waals surface area contributed by atoms with E-state index in [2.05, 4.69) is 79.5 Å². The summed E-state index contributed by atoms with van der Waals surface area (Å²) in [5.41, 5.74) is 8.84. The van der Waals surface area contributed by atoms with Crippen LogP contribution in [0, 0.1) is 0 Å². The second-order valence-electron chi connectivity index (χ2n) is 11.3. The topological polar surface area (TPSA) is 15.8 Å². The van der Waals surface area contributed by atoms with Crippen LogP contribution in [0.5, 0.6) is 0 Å². The van der Waals surface area contributed by atoms with E-state index >= 15 is 0 Å². The van der Waals surface area contributed by atoms with Gasteiger partial charge in [-0.2, -0.15) is 0 Å². The van der Waals surface area contributed by atoms with Crippen molar-refractivity contribution in [2.45, 2.75) is 109 Å². The van der Waals surface area contributed by atoms with Crippen molar-refractivity contribution in [1.29, 1.82) is 0 Å². The molecule has 5 rings (SSSR count). The molecule has 0 saturated carbocycles. The lowest BCUT2D eigenvalue weighted by Crippen LogP contribution is -2.25. The Morgan fingerprint density at radius 3 is 1.86 bits per heavy atom. The van der Waals surface area contributed by atoms with Crippen LogP contribution < -0.4 is 0 Å². The van der Waals surface area contributed by atoms with Crippen LogP contribution in [-0.2, 0) is 5.41 Å². The number of para-hydroxylation sites is 1. The van der Waals surface area contributed by atoms with Crippen LogP contribution in [0.1, 0.15) is 115 Å². The van der Waals surface area contributed by atoms with Crippen LogP contribution in [0.15, 0.2) is 60.7 Å². The highest BCUT2D eigenvalue weighted by atomic mass is 14.7. The summed E-state index contributed by atoms with van der Waals surface area (Å²) in [6, 6.07) is 23.2. The van der Waals surface area contributed by atoms with Crippen molar-refractivity contribution in [3.05, 3.63) is 71.8 Å². The molecule has 1 aliphatic carbocycles. The number of hydrogen-bond acceptors (Lipinski definition) is 0. The van der Waals surface area contributed by atoms with Gasteiger partial charge < -0.3 is 4.98 Å². The molecule has 0 bridgehead atoms. The van der Waals surface area contributed by atoms with E-state index in [4.69, 9.17) is 0 Å². The largest absolute Gasteiger partial charge is 0.354 e. The third kappa shape index (κ3) is 4.86. The van der Waals surface area contributed by atoms with Crippen LogP contribution in [0.2, 0.25) is 0 Å². The SMILES string of the molecule is CCCCCCCCC1(CCCCCCCC)c2ccccc2-c2cc3[nH]c4ccccc4c3cc21. The van der Waals surface area contributed by atoms with Crippen molar-refractivity contribution < 1.29 is 0 Å². The molecule has 4 aromatic rings. The Kier molecular flexibility index (Phi) is 8.15. The molecule has 0 saturated heterocycles. The van der Waals surface area contributed by atoms with Crippen molar-refractivity contribution in [3.8, 4) is 11.1 Å². The minimum absolute atomic E-state index is 0.161. The molecule has 190 valence electrons. The second kappa shape index (κ2) is 11.7. The normalized spacial score (nSPS) is 13.9. The van der Waals surface area contributed by atoms with Gasteiger partial charge in [0.2, 0.25) is 0 Å². The molecule has 1 nitrogen and oxygen atoms in total. The first-order valence-electron chi connectivity index (χ1n) is 14.9. The number of aromatic amines is 1. The van der Waals surface area contributed by atoms with Gasteiger partial charge in [-0.25, -0.2) is 0 Å². The Labute approximate surface area is 218 Å². The number of nitrogens with one attached hydrogen (secondary N) is 1. The maximum absolute atomic E-state index is 3.71. The van der Waals surface area contributed by atoms with Crippen molar-refractivity contribution in [2.24, 2.45) is 0 Å². The molecule has 1 aromatic heterocycles. The summed E-state index contributed by atoms with van der Waals surface area (Å²) >= 11 is 0. The lowest BCUT2D eigenvalue weighted by Gasteiger charge is -2.33. The molecule has 36 heavy (non-hydrogen) atoms. The van der Waals surface area contributed by atoms with E-state index in [-0.39, 0.29) is 5.41 Å². The molecule has 1 heteroatoms. The molecule has 0 fully saturated rings. The summed E-state index contributed by atoms with van der Waals surface area (Å²) in [4.78, 5) is 3.71. The average molecular weight is 480 g/mol. The van der Waals surface area contributed by atoms with E-state index in [1.165, 1.54) is 123 Å². The van der Waals surface area contributed by atoms with E-state index in [0.29, 0.717) is 0 Å². The molecule has 0 spiro atoms. The molecule has 3 aromatic carbocycles. The molecule has 0 aliphatic heterocycles. The number of hydrogen-bond donors (Lipinski definition) is 1. The summed E-state index contributed by atoms with van der Waals surface area (Å²) in [5, 5.41) is 2.76. The predicted octanol–water partition coefficient (Wildman–Crippen LogP) is 11.1. The minimum atomic E-state index is 0.161. The van der Waals surface area contributed by atoms with E-state index in [1.807, 2.05) is 0 Å². The fraction of sp³-hybridized carbons (Fsp3) is 0.486. The molecular formula is C35H45N. The Morgan fingerprint density at radius 2 is 1.14 bits per heavy atom. The van der Waals surface area contributed by atoms with Crippen LogP contribution in [0.3, 0.4) is 0 Å². The second-order valence-corrected chi connectivity index (χ2v) is 11.3. The highest BCUT2D eigenvalue weighted by molar-refractivity contribution is 6.09. The first-order valence-corrected chi connectivity index (χ1v) is 14.9. The summed E-state index contributed by atoms with van der Waals surface area (Å²) < 4.78 is 0. The maximum Gasteiger partial charge on any atom is 0.0471 e. The van der Waals surface area contributed by atoms with Gasteiger partial charge in [0.05, 0.1) is 0 Å². The van der Waals surface area contributed by atoms with Gasteiger partial charge in [0.15, 0.2) is 0 Å². The highest BCUT2D eigenvalue weighted by Gasteiger charge is 2.42. The number of benzene rings is 3. The quantitative estimate of drug-likeness (QED) is 0.173. The number of fused-ring (bicyclic) bond motifs is 6. The maximum atomic E-state index is 3.71. The number of aromatic nitrogens is 1. The summed E-state index contributed by atoms with van der Waals surface area (Å²) in [7, 11) is 0. The van der Waals surface area contributed by atoms with Crippen molar-refractivity contribution in [1.82, 2.24) is 4.98 Å². The van der Waals surface area contributed by atoms with Gasteiger partial charge in [-0.3, -0.25) is 0 Å². The lowest BCUT2D eigenvalue weighted by molar-refractivity contribution is 0.398. The minimum Gasteiger partial charge on any atom is -0.354 e. The van der Waals surface area contributed by atoms with Crippen LogP contribution in [0.25, 0.3) is 32.9 Å². The molecule has 1 aliphatic rings. The summed E-state index contributed by atoms with van der Waals surface area (Å²) in [5.74, 6) is 0. The molecule has 0 atom stereocenters. The summed E-state index contributed by atoms with van der Waals surface area (Å²) in [6.45, 7) is 4.63. The zero-order chi connectivity index (χ0) is 24.8. The fourth-order valence-electron chi connectivity index (χ4n) is 6.88. The van der Waals surface area contributed by atoms with E-state index in [1.54, 1.807) is 11.1 Å². The highest BCUT2D eigenvalue weighted by Crippen LogP contribution is 2.55. The Bertz CT molecular complexity index is 1260. The van der Waals surface area contributed by atoms with Gasteiger partial charge in [-0.05, 0) is 53.3 Å². The summed E-state index contributed by atoms with van der Waals surface area (Å²) in [6.07, 6.45) is 18.9. The molecule has 1 heterocycles. The van der Waals surface area contributed by atoms with Gasteiger partial charge in [-0.1, -0.05) is 133 Å². The Hall–Kier alpha value is -2.54. The monoisotopic (exact) mass is 479 g/mol. The first-order chi connectivity index (χ1) is 17.8. The molecule has 1 N–H and O–H groups in total. The molecule has 0 unspecified atom stereocenters. The van der Waals surface area contributed by atoms with E-state index in [9.17, 15) is 0 Å². The molecule has 0 radical (unpaired) electrons. The number of rotatable bonds is 14. The molecular weight excluding hydrogens is 434 g/mol. The third-order valence-electron chi connectivity index (χ3n) is 8.81. The van der Waals surface area contributed by atoms with Gasteiger partial charge in [0, 0.05) is 27.2 Å². The van der Waals surface area contributed by atoms with Crippen molar-refractivity contribution in [2.75, 3.05) is 0 Å². The third-order valence-corrected chi connectivity index (χ3v) is 8.81. The van der Waals surface area contributed by atoms with Crippen LogP contribution in [0.4, 0.5) is 0 Å². The standard InChI is InChI=1S/C35H45N/c1-3-5-7-9-11-17-23-35(24-18-12-10-8-6-4-2)31-21-15-13-19-27(31)29-26-34-30(25-32(29)35)28-20-14-16-22-33(28)36-34/h13-16,19-22,25-26,36H,3-12,17-18,23-24H2,1-2H3. The van der Waals surface area contributed by atoms with Crippen molar-refractivity contribution in [3.63, 3.8) is 0 Å². The van der Waals surface area contributed by atoms with Gasteiger partial charge in [0.25, 0.3) is 0 Å². The van der Waals surface area contributed by atoms with E-state index in [0.717, 1.165) is 0 Å². The zero-order valence-corrected chi connectivity index (χ0v) is 22.7. The number of unbranched alkanes of at least 4 members (excludes halogenated alkanes) is 10. The fourth-order valence-corrected chi connectivity index (χ4v) is 6.88. The van der Waals surface area contributed by atoms with E-state index < -0.39 is 0 Å². The first kappa shape index (κ1) is 25.1. The van der Waals surface area contributed by atoms with Gasteiger partial charge in [0.1, 0.15) is 0 Å². The predicted molar refractivity (Wildman–Crippen MR) is 158 cm³/mol. The van der Waals surface area contributed by atoms with Crippen LogP contribution in [-0.4, -0.2) is 4.98 Å². The van der Waals surface area contributed by atoms with Gasteiger partial charge >= 0.3 is 0 Å². The smallest absolute Gasteiger partial charge is 0.0471 e. The molecule has 0 amide bonds. The zero-order valence-electron chi connectivity index (χ0n) is 22.7. The average Bonchev–Trinajstić information content (AvgIpc) is 3.40. The van der Waals surface area contributed by atoms with Gasteiger partial charge in [-0.15, -0.1) is 0 Å².